The molecule has 3 aromatic rings. The third-order valence-corrected chi connectivity index (χ3v) is 7.80. The van der Waals surface area contributed by atoms with Gasteiger partial charge >= 0.3 is 0 Å². The Bertz CT molecular complexity index is 1180. The highest BCUT2D eigenvalue weighted by atomic mass is 79.9. The van der Waals surface area contributed by atoms with Gasteiger partial charge in [0.2, 0.25) is 10.0 Å². The van der Waals surface area contributed by atoms with Crippen LogP contribution in [0.15, 0.2) is 62.2 Å². The van der Waals surface area contributed by atoms with Gasteiger partial charge in [0.05, 0.1) is 16.3 Å². The fraction of sp³-hybridized carbons (Fsp3) is 0.250. The molecular formula is C20H22BrN3O2S2. The maximum absolute atomic E-state index is 12.6. The van der Waals surface area contributed by atoms with Gasteiger partial charge in [0.15, 0.2) is 4.80 Å². The number of hydrogen-bond acceptors (Lipinski definition) is 4. The van der Waals surface area contributed by atoms with Crippen LogP contribution in [0.2, 0.25) is 0 Å². The average Bonchev–Trinajstić information content (AvgIpc) is 3.06. The summed E-state index contributed by atoms with van der Waals surface area (Å²) in [7, 11) is -0.438. The molecule has 0 aliphatic carbocycles. The number of thiazole rings is 1. The van der Waals surface area contributed by atoms with Crippen molar-refractivity contribution in [2.45, 2.75) is 25.3 Å². The van der Waals surface area contributed by atoms with E-state index >= 15 is 0 Å². The van der Waals surface area contributed by atoms with Crippen molar-refractivity contribution in [3.8, 4) is 11.3 Å². The van der Waals surface area contributed by atoms with E-state index in [4.69, 9.17) is 4.99 Å². The van der Waals surface area contributed by atoms with E-state index in [1.165, 1.54) is 18.4 Å². The highest BCUT2D eigenvalue weighted by Gasteiger charge is 2.20. The molecule has 3 rings (SSSR count). The zero-order chi connectivity index (χ0) is 20.5. The number of halogens is 1. The van der Waals surface area contributed by atoms with E-state index in [0.29, 0.717) is 0 Å². The standard InChI is InChI=1S/C20H22BrN3O2S2/c1-5-24-19(13-27-20(24)22-18-9-7-6-8-14(18)2)16-12-15(10-11-17(16)21)28(25,26)23(3)4/h6-13H,5H2,1-4H3/b22-20+. The van der Waals surface area contributed by atoms with Crippen LogP contribution < -0.4 is 4.80 Å². The predicted octanol–water partition coefficient (Wildman–Crippen LogP) is 4.79. The van der Waals surface area contributed by atoms with Crippen LogP contribution in [0.3, 0.4) is 0 Å². The van der Waals surface area contributed by atoms with Crippen molar-refractivity contribution in [1.82, 2.24) is 8.87 Å². The molecule has 0 spiro atoms. The molecule has 1 heterocycles. The topological polar surface area (TPSA) is 54.7 Å². The third kappa shape index (κ3) is 4.00. The smallest absolute Gasteiger partial charge is 0.242 e. The Hall–Kier alpha value is -1.74. The molecule has 0 bridgehead atoms. The molecule has 0 atom stereocenters. The molecule has 0 saturated heterocycles. The van der Waals surface area contributed by atoms with Gasteiger partial charge in [-0.2, -0.15) is 0 Å². The van der Waals surface area contributed by atoms with Crippen LogP contribution in [0.4, 0.5) is 5.69 Å². The maximum atomic E-state index is 12.6. The average molecular weight is 480 g/mol. The molecule has 0 saturated carbocycles. The highest BCUT2D eigenvalue weighted by Crippen LogP contribution is 2.32. The largest absolute Gasteiger partial charge is 0.317 e. The predicted molar refractivity (Wildman–Crippen MR) is 118 cm³/mol. The second-order valence-electron chi connectivity index (χ2n) is 6.48. The van der Waals surface area contributed by atoms with Crippen LogP contribution in [0.5, 0.6) is 0 Å². The lowest BCUT2D eigenvalue weighted by molar-refractivity contribution is 0.521. The highest BCUT2D eigenvalue weighted by molar-refractivity contribution is 9.10. The molecule has 0 aliphatic heterocycles. The van der Waals surface area contributed by atoms with E-state index in [1.54, 1.807) is 29.5 Å². The molecule has 0 amide bonds. The lowest BCUT2D eigenvalue weighted by atomic mass is 10.2. The second kappa shape index (κ2) is 8.32. The van der Waals surface area contributed by atoms with Crippen LogP contribution in [0.1, 0.15) is 12.5 Å². The number of aryl methyl sites for hydroxylation is 1. The lowest BCUT2D eigenvalue weighted by Gasteiger charge is -2.14. The van der Waals surface area contributed by atoms with Crippen molar-refractivity contribution in [2.24, 2.45) is 4.99 Å². The molecule has 0 fully saturated rings. The Kier molecular flexibility index (Phi) is 6.24. The van der Waals surface area contributed by atoms with Crippen molar-refractivity contribution in [3.05, 3.63) is 62.7 Å². The van der Waals surface area contributed by atoms with Gasteiger partial charge in [-0.25, -0.2) is 17.7 Å². The van der Waals surface area contributed by atoms with Crippen LogP contribution in [0, 0.1) is 6.92 Å². The normalized spacial score (nSPS) is 12.7. The van der Waals surface area contributed by atoms with Crippen molar-refractivity contribution in [2.75, 3.05) is 14.1 Å². The van der Waals surface area contributed by atoms with Crippen LogP contribution >= 0.6 is 27.3 Å². The molecule has 5 nitrogen and oxygen atoms in total. The van der Waals surface area contributed by atoms with Crippen molar-refractivity contribution >= 4 is 43.0 Å². The summed E-state index contributed by atoms with van der Waals surface area (Å²) in [6, 6.07) is 13.1. The van der Waals surface area contributed by atoms with Gasteiger partial charge in [0, 0.05) is 36.1 Å². The van der Waals surface area contributed by atoms with E-state index in [-0.39, 0.29) is 4.90 Å². The first-order valence-corrected chi connectivity index (χ1v) is 11.9. The zero-order valence-electron chi connectivity index (χ0n) is 16.2. The summed E-state index contributed by atoms with van der Waals surface area (Å²) >= 11 is 5.12. The van der Waals surface area contributed by atoms with Crippen molar-refractivity contribution < 1.29 is 8.42 Å². The number of rotatable bonds is 5. The Balaban J connectivity index is 2.19. The number of benzene rings is 2. The minimum absolute atomic E-state index is 0.266. The van der Waals surface area contributed by atoms with Crippen LogP contribution in [0.25, 0.3) is 11.3 Å². The number of para-hydroxylation sites is 1. The van der Waals surface area contributed by atoms with Crippen molar-refractivity contribution in [1.29, 1.82) is 0 Å². The molecule has 8 heteroatoms. The molecular weight excluding hydrogens is 458 g/mol. The van der Waals surface area contributed by atoms with E-state index in [0.717, 1.165) is 38.3 Å². The Morgan fingerprint density at radius 3 is 2.54 bits per heavy atom. The molecule has 148 valence electrons. The maximum Gasteiger partial charge on any atom is 0.242 e. The molecule has 2 aromatic carbocycles. The number of hydrogen-bond donors (Lipinski definition) is 0. The van der Waals surface area contributed by atoms with E-state index in [2.05, 4.69) is 27.4 Å². The minimum Gasteiger partial charge on any atom is -0.317 e. The van der Waals surface area contributed by atoms with Gasteiger partial charge in [-0.3, -0.25) is 0 Å². The van der Waals surface area contributed by atoms with Crippen LogP contribution in [-0.2, 0) is 16.6 Å². The van der Waals surface area contributed by atoms with E-state index in [9.17, 15) is 8.42 Å². The monoisotopic (exact) mass is 479 g/mol. The summed E-state index contributed by atoms with van der Waals surface area (Å²) in [5.41, 5.74) is 3.80. The summed E-state index contributed by atoms with van der Waals surface area (Å²) in [5.74, 6) is 0. The summed E-state index contributed by atoms with van der Waals surface area (Å²) in [6.07, 6.45) is 0. The van der Waals surface area contributed by atoms with Crippen LogP contribution in [-0.4, -0.2) is 31.4 Å². The SMILES string of the molecule is CCn1c(-c2cc(S(=O)(=O)N(C)C)ccc2Br)cs/c1=N/c1ccccc1C. The van der Waals surface area contributed by atoms with Gasteiger partial charge in [-0.15, -0.1) is 11.3 Å². The van der Waals surface area contributed by atoms with E-state index < -0.39 is 10.0 Å². The van der Waals surface area contributed by atoms with Gasteiger partial charge in [-0.1, -0.05) is 34.1 Å². The third-order valence-electron chi connectivity index (χ3n) is 4.44. The van der Waals surface area contributed by atoms with Gasteiger partial charge in [0.1, 0.15) is 0 Å². The van der Waals surface area contributed by atoms with Gasteiger partial charge < -0.3 is 4.57 Å². The molecule has 0 N–H and O–H groups in total. The number of nitrogens with zero attached hydrogens (tertiary/aromatic N) is 3. The molecule has 0 unspecified atom stereocenters. The van der Waals surface area contributed by atoms with Gasteiger partial charge in [-0.05, 0) is 43.7 Å². The number of aromatic nitrogens is 1. The first kappa shape index (κ1) is 21.0. The Labute approximate surface area is 178 Å². The fourth-order valence-electron chi connectivity index (χ4n) is 2.80. The Morgan fingerprint density at radius 2 is 1.89 bits per heavy atom. The fourth-order valence-corrected chi connectivity index (χ4v) is 5.16. The summed E-state index contributed by atoms with van der Waals surface area (Å²) in [4.78, 5) is 5.97. The van der Waals surface area contributed by atoms with E-state index in [1.807, 2.05) is 36.6 Å². The molecule has 1 aromatic heterocycles. The van der Waals surface area contributed by atoms with Crippen molar-refractivity contribution in [3.63, 3.8) is 0 Å². The molecule has 0 aliphatic rings. The molecule has 28 heavy (non-hydrogen) atoms. The lowest BCUT2D eigenvalue weighted by Crippen LogP contribution is -2.22. The minimum atomic E-state index is -3.51. The summed E-state index contributed by atoms with van der Waals surface area (Å²) in [5, 5.41) is 2.02. The quantitative estimate of drug-likeness (QED) is 0.527. The van der Waals surface area contributed by atoms with Gasteiger partial charge in [0.25, 0.3) is 0 Å². The first-order valence-electron chi connectivity index (χ1n) is 8.77. The molecule has 0 radical (unpaired) electrons. The number of sulfonamides is 1. The Morgan fingerprint density at radius 1 is 1.18 bits per heavy atom. The second-order valence-corrected chi connectivity index (χ2v) is 10.3. The summed E-state index contributed by atoms with van der Waals surface area (Å²) in [6.45, 7) is 4.82. The summed E-state index contributed by atoms with van der Waals surface area (Å²) < 4.78 is 29.3. The first-order chi connectivity index (χ1) is 13.3. The zero-order valence-corrected chi connectivity index (χ0v) is 19.4.